The summed E-state index contributed by atoms with van der Waals surface area (Å²) in [5.41, 5.74) is 0.339. The molecule has 0 bridgehead atoms. The maximum Gasteiger partial charge on any atom is 0.366 e. The molecule has 8 heteroatoms. The largest absolute Gasteiger partial charge is 0.469 e. The number of anilines is 1. The molecule has 0 aromatic carbocycles. The number of H-pyrrole nitrogens is 1. The van der Waals surface area contributed by atoms with Gasteiger partial charge in [-0.2, -0.15) is 0 Å². The first kappa shape index (κ1) is 12.9. The third kappa shape index (κ3) is 2.92. The Morgan fingerprint density at radius 2 is 2.41 bits per heavy atom. The highest BCUT2D eigenvalue weighted by atomic mass is 16.6. The molecular weight excluding hydrogens is 228 g/mol. The number of aromatic amines is 1. The molecule has 1 aromatic heterocycles. The predicted octanol–water partition coefficient (Wildman–Crippen LogP) is 0.563. The molecule has 17 heavy (non-hydrogen) atoms. The van der Waals surface area contributed by atoms with E-state index in [2.05, 4.69) is 14.9 Å². The molecule has 1 heterocycles. The Bertz CT molecular complexity index is 417. The summed E-state index contributed by atoms with van der Waals surface area (Å²) >= 11 is 0. The van der Waals surface area contributed by atoms with Crippen LogP contribution in [0, 0.1) is 16.0 Å². The van der Waals surface area contributed by atoms with E-state index in [1.807, 2.05) is 0 Å². The highest BCUT2D eigenvalue weighted by Crippen LogP contribution is 2.24. The molecule has 0 aliphatic carbocycles. The topological polar surface area (TPSA) is 101 Å². The number of aromatic nitrogens is 2. The first-order valence-corrected chi connectivity index (χ1v) is 4.94. The number of hydrogen-bond acceptors (Lipinski definition) is 6. The van der Waals surface area contributed by atoms with Gasteiger partial charge < -0.3 is 19.8 Å². The molecule has 0 saturated carbocycles. The summed E-state index contributed by atoms with van der Waals surface area (Å²) in [6.45, 7) is 2.00. The van der Waals surface area contributed by atoms with Crippen LogP contribution in [0.1, 0.15) is 6.92 Å². The fourth-order valence-corrected chi connectivity index (χ4v) is 1.47. The van der Waals surface area contributed by atoms with Crippen LogP contribution in [0.2, 0.25) is 0 Å². The van der Waals surface area contributed by atoms with Gasteiger partial charge in [-0.3, -0.25) is 4.79 Å². The molecule has 1 unspecified atom stereocenters. The molecule has 0 spiro atoms. The fourth-order valence-electron chi connectivity index (χ4n) is 1.47. The zero-order chi connectivity index (χ0) is 13.0. The maximum absolute atomic E-state index is 11.2. The summed E-state index contributed by atoms with van der Waals surface area (Å²) in [6, 6.07) is 0. The molecule has 0 aliphatic heterocycles. The van der Waals surface area contributed by atoms with Crippen LogP contribution in [-0.2, 0) is 9.53 Å². The summed E-state index contributed by atoms with van der Waals surface area (Å²) in [5.74, 6) is -0.924. The van der Waals surface area contributed by atoms with Gasteiger partial charge in [-0.15, -0.1) is 5.10 Å². The van der Waals surface area contributed by atoms with E-state index in [-0.39, 0.29) is 17.7 Å². The van der Waals surface area contributed by atoms with Gasteiger partial charge in [0.15, 0.2) is 5.69 Å². The van der Waals surface area contributed by atoms with Crippen molar-refractivity contribution in [1.82, 2.24) is 10.2 Å². The number of rotatable bonds is 5. The van der Waals surface area contributed by atoms with E-state index < -0.39 is 4.92 Å². The Morgan fingerprint density at radius 3 is 2.94 bits per heavy atom. The van der Waals surface area contributed by atoms with Crippen molar-refractivity contribution in [3.05, 3.63) is 16.3 Å². The van der Waals surface area contributed by atoms with Gasteiger partial charge in [0.1, 0.15) is 6.20 Å². The van der Waals surface area contributed by atoms with Crippen molar-refractivity contribution >= 4 is 17.5 Å². The minimum Gasteiger partial charge on any atom is -0.469 e. The quantitative estimate of drug-likeness (QED) is 0.460. The lowest BCUT2D eigenvalue weighted by atomic mass is 10.1. The Hall–Kier alpha value is -2.12. The van der Waals surface area contributed by atoms with Crippen LogP contribution in [0.3, 0.4) is 0 Å². The average Bonchev–Trinajstić information content (AvgIpc) is 2.76. The molecule has 0 aliphatic rings. The van der Waals surface area contributed by atoms with Gasteiger partial charge in [0, 0.05) is 13.6 Å². The van der Waals surface area contributed by atoms with E-state index in [0.29, 0.717) is 12.2 Å². The zero-order valence-electron chi connectivity index (χ0n) is 9.84. The molecule has 0 fully saturated rings. The number of esters is 1. The molecule has 8 nitrogen and oxygen atoms in total. The van der Waals surface area contributed by atoms with E-state index in [0.717, 1.165) is 0 Å². The van der Waals surface area contributed by atoms with Gasteiger partial charge in [-0.25, -0.2) is 0 Å². The van der Waals surface area contributed by atoms with E-state index in [1.165, 1.54) is 13.3 Å². The van der Waals surface area contributed by atoms with Crippen LogP contribution >= 0.6 is 0 Å². The minimum absolute atomic E-state index is 0.190. The average molecular weight is 242 g/mol. The Kier molecular flexibility index (Phi) is 4.02. The monoisotopic (exact) mass is 242 g/mol. The first-order chi connectivity index (χ1) is 7.97. The van der Waals surface area contributed by atoms with Crippen LogP contribution in [-0.4, -0.2) is 41.8 Å². The standard InChI is InChI=1S/C9H14N4O4/c1-6(9(14)17-3)5-12(2)7-4-10-11-8(7)13(15)16/h4,6H,5H2,1-3H3,(H,10,11). The van der Waals surface area contributed by atoms with Crippen molar-refractivity contribution in [1.29, 1.82) is 0 Å². The molecule has 94 valence electrons. The predicted molar refractivity (Wildman–Crippen MR) is 59.7 cm³/mol. The number of nitrogens with one attached hydrogen (secondary N) is 1. The molecular formula is C9H14N4O4. The lowest BCUT2D eigenvalue weighted by Gasteiger charge is -2.19. The van der Waals surface area contributed by atoms with Crippen LogP contribution in [0.4, 0.5) is 11.5 Å². The second-order valence-corrected chi connectivity index (χ2v) is 3.67. The fraction of sp³-hybridized carbons (Fsp3) is 0.556. The van der Waals surface area contributed by atoms with Crippen molar-refractivity contribution in [2.75, 3.05) is 25.6 Å². The molecule has 1 aromatic rings. The number of carbonyl (C=O) groups excluding carboxylic acids is 1. The molecule has 0 amide bonds. The normalized spacial score (nSPS) is 11.9. The first-order valence-electron chi connectivity index (χ1n) is 4.94. The van der Waals surface area contributed by atoms with Crippen molar-refractivity contribution < 1.29 is 14.5 Å². The summed E-state index contributed by atoms with van der Waals surface area (Å²) in [7, 11) is 2.95. The third-order valence-electron chi connectivity index (χ3n) is 2.35. The number of methoxy groups -OCH3 is 1. The summed E-state index contributed by atoms with van der Waals surface area (Å²) in [5, 5.41) is 16.6. The second kappa shape index (κ2) is 5.28. The van der Waals surface area contributed by atoms with E-state index in [4.69, 9.17) is 0 Å². The molecule has 1 N–H and O–H groups in total. The van der Waals surface area contributed by atoms with Crippen LogP contribution in [0.25, 0.3) is 0 Å². The SMILES string of the molecule is COC(=O)C(C)CN(C)c1cn[nH]c1[N+](=O)[O-]. The van der Waals surface area contributed by atoms with Crippen LogP contribution in [0.15, 0.2) is 6.20 Å². The number of carbonyl (C=O) groups is 1. The maximum atomic E-state index is 11.2. The molecule has 1 rings (SSSR count). The number of ether oxygens (including phenoxy) is 1. The van der Waals surface area contributed by atoms with Gasteiger partial charge >= 0.3 is 11.8 Å². The number of nitro groups is 1. The van der Waals surface area contributed by atoms with Gasteiger partial charge in [0.2, 0.25) is 0 Å². The zero-order valence-corrected chi connectivity index (χ0v) is 9.84. The van der Waals surface area contributed by atoms with E-state index >= 15 is 0 Å². The Morgan fingerprint density at radius 1 is 1.76 bits per heavy atom. The van der Waals surface area contributed by atoms with Crippen molar-refractivity contribution in [2.45, 2.75) is 6.92 Å². The van der Waals surface area contributed by atoms with Crippen molar-refractivity contribution in [3.63, 3.8) is 0 Å². The lowest BCUT2D eigenvalue weighted by Crippen LogP contribution is -2.29. The number of hydrogen-bond donors (Lipinski definition) is 1. The highest BCUT2D eigenvalue weighted by molar-refractivity contribution is 5.73. The van der Waals surface area contributed by atoms with Gasteiger partial charge in [-0.1, -0.05) is 12.0 Å². The molecule has 0 saturated heterocycles. The van der Waals surface area contributed by atoms with Crippen LogP contribution < -0.4 is 4.90 Å². The van der Waals surface area contributed by atoms with Gasteiger partial charge in [0.05, 0.1) is 13.0 Å². The minimum atomic E-state index is -0.554. The summed E-state index contributed by atoms with van der Waals surface area (Å²) in [4.78, 5) is 22.9. The molecule has 0 radical (unpaired) electrons. The Balaban J connectivity index is 2.76. The Labute approximate surface area is 97.7 Å². The third-order valence-corrected chi connectivity index (χ3v) is 2.35. The van der Waals surface area contributed by atoms with Crippen LogP contribution in [0.5, 0.6) is 0 Å². The van der Waals surface area contributed by atoms with Crippen molar-refractivity contribution in [2.24, 2.45) is 5.92 Å². The second-order valence-electron chi connectivity index (χ2n) is 3.67. The van der Waals surface area contributed by atoms with Gasteiger partial charge in [-0.05, 0) is 4.92 Å². The molecule has 1 atom stereocenters. The number of nitrogens with zero attached hydrogens (tertiary/aromatic N) is 3. The summed E-state index contributed by atoms with van der Waals surface area (Å²) in [6.07, 6.45) is 1.35. The van der Waals surface area contributed by atoms with E-state index in [9.17, 15) is 14.9 Å². The summed E-state index contributed by atoms with van der Waals surface area (Å²) < 4.78 is 4.59. The lowest BCUT2D eigenvalue weighted by molar-refractivity contribution is -0.388. The smallest absolute Gasteiger partial charge is 0.366 e. The van der Waals surface area contributed by atoms with Gasteiger partial charge in [0.25, 0.3) is 0 Å². The van der Waals surface area contributed by atoms with Crippen molar-refractivity contribution in [3.8, 4) is 0 Å². The van der Waals surface area contributed by atoms with E-state index in [1.54, 1.807) is 18.9 Å². The highest BCUT2D eigenvalue weighted by Gasteiger charge is 2.22.